The standard InChI is InChI=1S/C20H17NO3S.ClH/c22-17-13-18-21(17)16(11-12-25-18)20(23)24-19(14-7-3-1-4-8-14)15-9-5-2-6-10-15;/h1-11,18-19H,12-13H2;1H/t18-;/m1./s1. The van der Waals surface area contributed by atoms with Crippen LogP contribution in [0.1, 0.15) is 23.7 Å². The topological polar surface area (TPSA) is 46.6 Å². The third-order valence-corrected chi connectivity index (χ3v) is 5.49. The van der Waals surface area contributed by atoms with Crippen LogP contribution in [-0.4, -0.2) is 27.9 Å². The third kappa shape index (κ3) is 3.50. The van der Waals surface area contributed by atoms with Crippen molar-refractivity contribution in [1.82, 2.24) is 4.90 Å². The highest BCUT2D eigenvalue weighted by Gasteiger charge is 2.43. The van der Waals surface area contributed by atoms with Crippen LogP contribution in [0, 0.1) is 0 Å². The van der Waals surface area contributed by atoms with Crippen LogP contribution in [-0.2, 0) is 14.3 Å². The largest absolute Gasteiger partial charge is 0.448 e. The molecule has 0 N–H and O–H groups in total. The van der Waals surface area contributed by atoms with E-state index in [0.29, 0.717) is 12.1 Å². The van der Waals surface area contributed by atoms with Gasteiger partial charge in [0.2, 0.25) is 5.91 Å². The third-order valence-electron chi connectivity index (χ3n) is 4.37. The Balaban J connectivity index is 0.00000196. The van der Waals surface area contributed by atoms with Gasteiger partial charge in [0.25, 0.3) is 0 Å². The fraction of sp³-hybridized carbons (Fsp3) is 0.200. The van der Waals surface area contributed by atoms with Gasteiger partial charge >= 0.3 is 5.97 Å². The van der Waals surface area contributed by atoms with E-state index in [4.69, 9.17) is 4.74 Å². The maximum Gasteiger partial charge on any atom is 0.355 e. The average molecular weight is 388 g/mol. The predicted octanol–water partition coefficient (Wildman–Crippen LogP) is 3.93. The number of benzene rings is 2. The highest BCUT2D eigenvalue weighted by Crippen LogP contribution is 2.38. The van der Waals surface area contributed by atoms with Crippen LogP contribution < -0.4 is 0 Å². The summed E-state index contributed by atoms with van der Waals surface area (Å²) in [6, 6.07) is 19.3. The zero-order chi connectivity index (χ0) is 17.2. The Bertz CT molecular complexity index is 786. The first-order chi connectivity index (χ1) is 12.2. The fourth-order valence-electron chi connectivity index (χ4n) is 3.08. The lowest BCUT2D eigenvalue weighted by Gasteiger charge is -2.42. The summed E-state index contributed by atoms with van der Waals surface area (Å²) in [6.45, 7) is 0. The van der Waals surface area contributed by atoms with Crippen molar-refractivity contribution in [3.05, 3.63) is 83.6 Å². The summed E-state index contributed by atoms with van der Waals surface area (Å²) in [4.78, 5) is 26.2. The zero-order valence-electron chi connectivity index (χ0n) is 13.9. The number of fused-ring (bicyclic) bond motifs is 1. The molecule has 1 saturated heterocycles. The molecule has 2 aromatic carbocycles. The summed E-state index contributed by atoms with van der Waals surface area (Å²) in [6.07, 6.45) is 1.78. The molecule has 0 bridgehead atoms. The second-order valence-electron chi connectivity index (χ2n) is 5.95. The Kier molecular flexibility index (Phi) is 5.69. The molecule has 0 aliphatic carbocycles. The van der Waals surface area contributed by atoms with Crippen molar-refractivity contribution in [1.29, 1.82) is 0 Å². The number of rotatable bonds is 4. The fourth-order valence-corrected chi connectivity index (χ4v) is 4.20. The normalized spacial score (nSPS) is 18.3. The van der Waals surface area contributed by atoms with Crippen molar-refractivity contribution in [3.8, 4) is 0 Å². The second-order valence-corrected chi connectivity index (χ2v) is 7.16. The minimum Gasteiger partial charge on any atom is -0.448 e. The van der Waals surface area contributed by atoms with E-state index in [2.05, 4.69) is 0 Å². The Morgan fingerprint density at radius 2 is 1.62 bits per heavy atom. The van der Waals surface area contributed by atoms with Crippen LogP contribution in [0.15, 0.2) is 72.4 Å². The van der Waals surface area contributed by atoms with E-state index >= 15 is 0 Å². The number of amides is 1. The Labute approximate surface area is 162 Å². The van der Waals surface area contributed by atoms with Crippen molar-refractivity contribution in [3.63, 3.8) is 0 Å². The lowest BCUT2D eigenvalue weighted by atomic mass is 10.0. The molecule has 6 heteroatoms. The number of ether oxygens (including phenoxy) is 1. The molecule has 0 saturated carbocycles. The van der Waals surface area contributed by atoms with Gasteiger partial charge in [0, 0.05) is 5.75 Å². The number of β-lactam (4-membered cyclic amide) rings is 1. The second kappa shape index (κ2) is 7.98. The lowest BCUT2D eigenvalue weighted by molar-refractivity contribution is -0.151. The molecule has 134 valence electrons. The number of carbonyl (C=O) groups excluding carboxylic acids is 2. The van der Waals surface area contributed by atoms with E-state index in [1.165, 1.54) is 0 Å². The van der Waals surface area contributed by atoms with Gasteiger partial charge in [-0.3, -0.25) is 9.69 Å². The number of esters is 1. The number of thioether (sulfide) groups is 1. The Morgan fingerprint density at radius 3 is 2.15 bits per heavy atom. The molecule has 4 nitrogen and oxygen atoms in total. The highest BCUT2D eigenvalue weighted by atomic mass is 35.5. The van der Waals surface area contributed by atoms with Gasteiger partial charge in [0.05, 0.1) is 11.8 Å². The molecule has 0 unspecified atom stereocenters. The van der Waals surface area contributed by atoms with Crippen molar-refractivity contribution < 1.29 is 14.3 Å². The summed E-state index contributed by atoms with van der Waals surface area (Å²) >= 11 is 1.67. The van der Waals surface area contributed by atoms with E-state index in [1.54, 1.807) is 22.7 Å². The lowest BCUT2D eigenvalue weighted by Crippen LogP contribution is -2.53. The van der Waals surface area contributed by atoms with E-state index < -0.39 is 12.1 Å². The number of nitrogens with zero attached hydrogens (tertiary/aromatic N) is 1. The SMILES string of the molecule is Cl.O=C(OC(c1ccccc1)c1ccccc1)C1=CCS[C@@H]2CC(=O)N12. The quantitative estimate of drug-likeness (QED) is 0.589. The average Bonchev–Trinajstić information content (AvgIpc) is 2.66. The molecule has 1 amide bonds. The molecule has 4 rings (SSSR count). The molecular formula is C20H18ClNO3S. The molecule has 1 fully saturated rings. The smallest absolute Gasteiger partial charge is 0.355 e. The molecule has 1 atom stereocenters. The summed E-state index contributed by atoms with van der Waals surface area (Å²) in [5.74, 6) is 0.257. The van der Waals surface area contributed by atoms with Crippen LogP contribution >= 0.6 is 24.2 Å². The van der Waals surface area contributed by atoms with E-state index in [9.17, 15) is 9.59 Å². The van der Waals surface area contributed by atoms with E-state index in [-0.39, 0.29) is 23.7 Å². The summed E-state index contributed by atoms with van der Waals surface area (Å²) in [5, 5.41) is 0.0759. The molecule has 2 heterocycles. The van der Waals surface area contributed by atoms with Gasteiger partial charge < -0.3 is 4.74 Å². The molecule has 0 aromatic heterocycles. The first-order valence-electron chi connectivity index (χ1n) is 8.19. The summed E-state index contributed by atoms with van der Waals surface area (Å²) in [5.41, 5.74) is 2.18. The van der Waals surface area contributed by atoms with Gasteiger partial charge in [-0.1, -0.05) is 60.7 Å². The molecule has 0 radical (unpaired) electrons. The molecule has 2 aliphatic rings. The van der Waals surface area contributed by atoms with Crippen LogP contribution in [0.5, 0.6) is 0 Å². The van der Waals surface area contributed by atoms with Crippen molar-refractivity contribution in [2.45, 2.75) is 17.9 Å². The number of hydrogen-bond acceptors (Lipinski definition) is 4. The summed E-state index contributed by atoms with van der Waals surface area (Å²) in [7, 11) is 0. The molecular weight excluding hydrogens is 370 g/mol. The maximum absolute atomic E-state index is 12.8. The van der Waals surface area contributed by atoms with Gasteiger partial charge in [0.15, 0.2) is 6.10 Å². The van der Waals surface area contributed by atoms with Gasteiger partial charge in [-0.25, -0.2) is 4.79 Å². The molecule has 2 aliphatic heterocycles. The maximum atomic E-state index is 12.8. The Hall–Kier alpha value is -2.24. The van der Waals surface area contributed by atoms with E-state index in [1.807, 2.05) is 60.7 Å². The predicted molar refractivity (Wildman–Crippen MR) is 104 cm³/mol. The first-order valence-corrected chi connectivity index (χ1v) is 9.23. The minimum absolute atomic E-state index is 0. The minimum atomic E-state index is -0.500. The van der Waals surface area contributed by atoms with Crippen LogP contribution in [0.3, 0.4) is 0 Å². The summed E-state index contributed by atoms with van der Waals surface area (Å²) < 4.78 is 5.85. The van der Waals surface area contributed by atoms with Crippen molar-refractivity contribution >= 4 is 36.0 Å². The monoisotopic (exact) mass is 387 g/mol. The number of hydrogen-bond donors (Lipinski definition) is 0. The van der Waals surface area contributed by atoms with E-state index in [0.717, 1.165) is 16.9 Å². The van der Waals surface area contributed by atoms with Crippen molar-refractivity contribution in [2.75, 3.05) is 5.75 Å². The van der Waals surface area contributed by atoms with Crippen molar-refractivity contribution in [2.24, 2.45) is 0 Å². The number of carbonyl (C=O) groups is 2. The van der Waals surface area contributed by atoms with Crippen LogP contribution in [0.4, 0.5) is 0 Å². The number of halogens is 1. The van der Waals surface area contributed by atoms with Crippen LogP contribution in [0.2, 0.25) is 0 Å². The van der Waals surface area contributed by atoms with Gasteiger partial charge in [0.1, 0.15) is 5.70 Å². The Morgan fingerprint density at radius 1 is 1.04 bits per heavy atom. The molecule has 26 heavy (non-hydrogen) atoms. The molecule has 2 aromatic rings. The highest BCUT2D eigenvalue weighted by molar-refractivity contribution is 8.00. The van der Waals surface area contributed by atoms with Gasteiger partial charge in [-0.15, -0.1) is 24.2 Å². The van der Waals surface area contributed by atoms with Gasteiger partial charge in [-0.2, -0.15) is 0 Å². The molecule has 0 spiro atoms. The first kappa shape index (κ1) is 18.5. The van der Waals surface area contributed by atoms with Crippen LogP contribution in [0.25, 0.3) is 0 Å². The van der Waals surface area contributed by atoms with Gasteiger partial charge in [-0.05, 0) is 17.2 Å². The zero-order valence-corrected chi connectivity index (χ0v) is 15.5.